The number of hydrogen-bond donors (Lipinski definition) is 1. The Morgan fingerprint density at radius 2 is 1.70 bits per heavy atom. The Bertz CT molecular complexity index is 855. The van der Waals surface area contributed by atoms with Gasteiger partial charge in [-0.05, 0) is 50.2 Å². The summed E-state index contributed by atoms with van der Waals surface area (Å²) >= 11 is 0. The van der Waals surface area contributed by atoms with Gasteiger partial charge >= 0.3 is 0 Å². The first-order chi connectivity index (χ1) is 13.2. The van der Waals surface area contributed by atoms with Crippen LogP contribution in [0.4, 0.5) is 11.4 Å². The maximum atomic E-state index is 12.2. The van der Waals surface area contributed by atoms with Crippen LogP contribution in [0.5, 0.6) is 0 Å². The first-order valence-electron chi connectivity index (χ1n) is 9.22. The second-order valence-corrected chi connectivity index (χ2v) is 6.13. The minimum atomic E-state index is -0.0787. The lowest BCUT2D eigenvalue weighted by molar-refractivity contribution is -0.116. The molecule has 0 radical (unpaired) electrons. The topological polar surface area (TPSA) is 71.3 Å². The van der Waals surface area contributed by atoms with E-state index in [-0.39, 0.29) is 12.3 Å². The maximum absolute atomic E-state index is 12.2. The molecular weight excluding hydrogens is 340 g/mol. The fraction of sp³-hybridized carbons (Fsp3) is 0.286. The molecule has 0 saturated heterocycles. The standard InChI is InChI=1S/C21H24N4O2/c1-3-25(4-2)18-12-10-17(11-13-18)22-19(26)14-15-20-23-24-21(27-20)16-8-6-5-7-9-16/h5-13H,3-4,14-15H2,1-2H3,(H,22,26). The van der Waals surface area contributed by atoms with Crippen LogP contribution in [0.1, 0.15) is 26.2 Å². The minimum absolute atomic E-state index is 0.0787. The predicted molar refractivity (Wildman–Crippen MR) is 107 cm³/mol. The van der Waals surface area contributed by atoms with Crippen LogP contribution in [0.3, 0.4) is 0 Å². The SMILES string of the molecule is CCN(CC)c1ccc(NC(=O)CCc2nnc(-c3ccccc3)o2)cc1. The fourth-order valence-electron chi connectivity index (χ4n) is 2.84. The second kappa shape index (κ2) is 8.98. The lowest BCUT2D eigenvalue weighted by atomic mass is 10.2. The highest BCUT2D eigenvalue weighted by Crippen LogP contribution is 2.19. The van der Waals surface area contributed by atoms with E-state index in [1.54, 1.807) is 0 Å². The Morgan fingerprint density at radius 1 is 1.00 bits per heavy atom. The molecule has 1 heterocycles. The number of aryl methyl sites for hydroxylation is 1. The van der Waals surface area contributed by atoms with E-state index in [4.69, 9.17) is 4.42 Å². The van der Waals surface area contributed by atoms with E-state index in [9.17, 15) is 4.79 Å². The zero-order valence-corrected chi connectivity index (χ0v) is 15.7. The van der Waals surface area contributed by atoms with Crippen molar-refractivity contribution >= 4 is 17.3 Å². The highest BCUT2D eigenvalue weighted by Gasteiger charge is 2.11. The lowest BCUT2D eigenvalue weighted by Gasteiger charge is -2.21. The highest BCUT2D eigenvalue weighted by molar-refractivity contribution is 5.90. The maximum Gasteiger partial charge on any atom is 0.247 e. The summed E-state index contributed by atoms with van der Waals surface area (Å²) in [5, 5.41) is 11.0. The van der Waals surface area contributed by atoms with E-state index in [1.807, 2.05) is 54.6 Å². The number of carbonyl (C=O) groups excluding carboxylic acids is 1. The molecule has 0 spiro atoms. The third-order valence-electron chi connectivity index (χ3n) is 4.33. The third-order valence-corrected chi connectivity index (χ3v) is 4.33. The van der Waals surface area contributed by atoms with Gasteiger partial charge in [-0.25, -0.2) is 0 Å². The summed E-state index contributed by atoms with van der Waals surface area (Å²) in [5.74, 6) is 0.851. The van der Waals surface area contributed by atoms with Crippen LogP contribution in [0.2, 0.25) is 0 Å². The second-order valence-electron chi connectivity index (χ2n) is 6.13. The molecule has 0 unspecified atom stereocenters. The first kappa shape index (κ1) is 18.6. The molecule has 6 nitrogen and oxygen atoms in total. The number of aromatic nitrogens is 2. The van der Waals surface area contributed by atoms with Crippen LogP contribution >= 0.6 is 0 Å². The molecule has 0 saturated carbocycles. The van der Waals surface area contributed by atoms with Gasteiger partial charge in [-0.1, -0.05) is 18.2 Å². The van der Waals surface area contributed by atoms with Gasteiger partial charge < -0.3 is 14.6 Å². The number of rotatable bonds is 8. The Balaban J connectivity index is 1.52. The molecule has 6 heteroatoms. The summed E-state index contributed by atoms with van der Waals surface area (Å²) < 4.78 is 5.63. The number of anilines is 2. The van der Waals surface area contributed by atoms with Crippen molar-refractivity contribution in [3.63, 3.8) is 0 Å². The van der Waals surface area contributed by atoms with Crippen LogP contribution in [0.25, 0.3) is 11.5 Å². The van der Waals surface area contributed by atoms with Gasteiger partial charge in [0, 0.05) is 42.9 Å². The molecule has 2 aromatic carbocycles. The number of carbonyl (C=O) groups is 1. The predicted octanol–water partition coefficient (Wildman–Crippen LogP) is 4.15. The summed E-state index contributed by atoms with van der Waals surface area (Å²) in [7, 11) is 0. The number of amides is 1. The average Bonchev–Trinajstić information content (AvgIpc) is 3.18. The molecular formula is C21H24N4O2. The smallest absolute Gasteiger partial charge is 0.247 e. The third kappa shape index (κ3) is 4.94. The molecule has 1 N–H and O–H groups in total. The number of nitrogens with zero attached hydrogens (tertiary/aromatic N) is 3. The summed E-state index contributed by atoms with van der Waals surface area (Å²) in [4.78, 5) is 14.4. The van der Waals surface area contributed by atoms with Crippen LogP contribution in [0, 0.1) is 0 Å². The Kier molecular flexibility index (Phi) is 6.20. The molecule has 1 aromatic heterocycles. The largest absolute Gasteiger partial charge is 0.421 e. The van der Waals surface area contributed by atoms with Gasteiger partial charge in [0.15, 0.2) is 0 Å². The molecule has 27 heavy (non-hydrogen) atoms. The van der Waals surface area contributed by atoms with Crippen molar-refractivity contribution in [1.82, 2.24) is 10.2 Å². The average molecular weight is 364 g/mol. The quantitative estimate of drug-likeness (QED) is 0.650. The van der Waals surface area contributed by atoms with E-state index in [2.05, 4.69) is 34.3 Å². The van der Waals surface area contributed by atoms with E-state index >= 15 is 0 Å². The zero-order valence-electron chi connectivity index (χ0n) is 15.7. The van der Waals surface area contributed by atoms with Crippen molar-refractivity contribution in [2.24, 2.45) is 0 Å². The van der Waals surface area contributed by atoms with Gasteiger partial charge in [-0.2, -0.15) is 0 Å². The molecule has 0 aliphatic heterocycles. The van der Waals surface area contributed by atoms with Crippen molar-refractivity contribution in [3.05, 3.63) is 60.5 Å². The van der Waals surface area contributed by atoms with Gasteiger partial charge in [0.05, 0.1) is 0 Å². The van der Waals surface area contributed by atoms with Gasteiger partial charge in [-0.15, -0.1) is 10.2 Å². The van der Waals surface area contributed by atoms with E-state index in [1.165, 1.54) is 0 Å². The van der Waals surface area contributed by atoms with Crippen molar-refractivity contribution in [1.29, 1.82) is 0 Å². The van der Waals surface area contributed by atoms with Crippen LogP contribution in [-0.4, -0.2) is 29.2 Å². The molecule has 3 aromatic rings. The van der Waals surface area contributed by atoms with Crippen LogP contribution in [0.15, 0.2) is 59.0 Å². The van der Waals surface area contributed by atoms with Crippen molar-refractivity contribution in [3.8, 4) is 11.5 Å². The molecule has 3 rings (SSSR count). The fourth-order valence-corrected chi connectivity index (χ4v) is 2.84. The number of benzene rings is 2. The molecule has 0 bridgehead atoms. The molecule has 1 amide bonds. The normalized spacial score (nSPS) is 10.6. The minimum Gasteiger partial charge on any atom is -0.421 e. The van der Waals surface area contributed by atoms with Gasteiger partial charge in [0.1, 0.15) is 0 Å². The molecule has 0 aliphatic rings. The zero-order chi connectivity index (χ0) is 19.1. The summed E-state index contributed by atoms with van der Waals surface area (Å²) in [6.45, 7) is 6.16. The summed E-state index contributed by atoms with van der Waals surface area (Å²) in [6.07, 6.45) is 0.692. The van der Waals surface area contributed by atoms with Crippen molar-refractivity contribution in [2.45, 2.75) is 26.7 Å². The van der Waals surface area contributed by atoms with Crippen LogP contribution in [-0.2, 0) is 11.2 Å². The molecule has 140 valence electrons. The van der Waals surface area contributed by atoms with Gasteiger partial charge in [0.25, 0.3) is 0 Å². The number of nitrogens with one attached hydrogen (secondary N) is 1. The molecule has 0 aliphatic carbocycles. The summed E-state index contributed by atoms with van der Waals surface area (Å²) in [6, 6.07) is 17.5. The van der Waals surface area contributed by atoms with E-state index < -0.39 is 0 Å². The van der Waals surface area contributed by atoms with Gasteiger partial charge in [-0.3, -0.25) is 4.79 Å². The molecule has 0 atom stereocenters. The lowest BCUT2D eigenvalue weighted by Crippen LogP contribution is -2.21. The Labute approximate surface area is 159 Å². The van der Waals surface area contributed by atoms with Crippen molar-refractivity contribution < 1.29 is 9.21 Å². The Morgan fingerprint density at radius 3 is 2.37 bits per heavy atom. The Hall–Kier alpha value is -3.15. The number of hydrogen-bond acceptors (Lipinski definition) is 5. The van der Waals surface area contributed by atoms with E-state index in [0.717, 1.165) is 30.0 Å². The first-order valence-corrected chi connectivity index (χ1v) is 9.22. The van der Waals surface area contributed by atoms with Crippen molar-refractivity contribution in [2.75, 3.05) is 23.3 Å². The van der Waals surface area contributed by atoms with Gasteiger partial charge in [0.2, 0.25) is 17.7 Å². The van der Waals surface area contributed by atoms with E-state index in [0.29, 0.717) is 18.2 Å². The summed E-state index contributed by atoms with van der Waals surface area (Å²) in [5.41, 5.74) is 2.80. The monoisotopic (exact) mass is 364 g/mol. The van der Waals surface area contributed by atoms with Crippen LogP contribution < -0.4 is 10.2 Å². The molecule has 0 fully saturated rings. The highest BCUT2D eigenvalue weighted by atomic mass is 16.4.